The molecule has 1 aromatic heterocycles. The second-order valence-electron chi connectivity index (χ2n) is 4.10. The van der Waals surface area contributed by atoms with Gasteiger partial charge in [-0.05, 0) is 26.0 Å². The maximum absolute atomic E-state index is 13.7. The van der Waals surface area contributed by atoms with Crippen LogP contribution < -0.4 is 0 Å². The van der Waals surface area contributed by atoms with E-state index < -0.39 is 11.8 Å². The first-order valence-corrected chi connectivity index (χ1v) is 5.45. The van der Waals surface area contributed by atoms with Gasteiger partial charge in [0, 0.05) is 5.56 Å². The van der Waals surface area contributed by atoms with E-state index in [2.05, 4.69) is 10.2 Å². The number of carbonyl (C=O) groups is 1. The predicted octanol–water partition coefficient (Wildman–Crippen LogP) is 2.36. The average Bonchev–Trinajstić information content (AvgIpc) is 2.74. The van der Waals surface area contributed by atoms with Crippen molar-refractivity contribution >= 4 is 5.97 Å². The van der Waals surface area contributed by atoms with E-state index in [0.29, 0.717) is 0 Å². The summed E-state index contributed by atoms with van der Waals surface area (Å²) >= 11 is 0. The number of hydrogen-bond donors (Lipinski definition) is 1. The third kappa shape index (κ3) is 2.09. The Labute approximate surface area is 103 Å². The van der Waals surface area contributed by atoms with Crippen LogP contribution in [0.1, 0.15) is 30.4 Å². The summed E-state index contributed by atoms with van der Waals surface area (Å²) < 4.78 is 13.7. The number of nitrogens with zero attached hydrogens (tertiary/aromatic N) is 3. The lowest BCUT2D eigenvalue weighted by Gasteiger charge is -2.01. The van der Waals surface area contributed by atoms with Gasteiger partial charge in [-0.15, -0.1) is 5.10 Å². The molecule has 0 saturated heterocycles. The third-order valence-electron chi connectivity index (χ3n) is 2.42. The van der Waals surface area contributed by atoms with Gasteiger partial charge in [0.1, 0.15) is 11.5 Å². The SMILES string of the molecule is CC(C)n1nc(C(=O)O)c(-c2ccccc2F)n1. The topological polar surface area (TPSA) is 68.0 Å². The molecule has 2 aromatic rings. The predicted molar refractivity (Wildman–Crippen MR) is 62.8 cm³/mol. The number of aromatic nitrogens is 3. The van der Waals surface area contributed by atoms with Crippen molar-refractivity contribution in [3.05, 3.63) is 35.8 Å². The minimum atomic E-state index is -1.22. The molecule has 0 atom stereocenters. The molecular formula is C12H12FN3O2. The van der Waals surface area contributed by atoms with Crippen molar-refractivity contribution in [1.29, 1.82) is 0 Å². The number of carboxylic acids is 1. The van der Waals surface area contributed by atoms with E-state index in [1.807, 2.05) is 13.8 Å². The van der Waals surface area contributed by atoms with Gasteiger partial charge in [0.05, 0.1) is 6.04 Å². The molecule has 0 bridgehead atoms. The van der Waals surface area contributed by atoms with Crippen LogP contribution in [0.3, 0.4) is 0 Å². The van der Waals surface area contributed by atoms with E-state index in [0.717, 1.165) is 0 Å². The van der Waals surface area contributed by atoms with E-state index in [-0.39, 0.29) is 23.0 Å². The fraction of sp³-hybridized carbons (Fsp3) is 0.250. The van der Waals surface area contributed by atoms with Crippen molar-refractivity contribution in [2.24, 2.45) is 0 Å². The maximum atomic E-state index is 13.7. The molecule has 0 radical (unpaired) electrons. The molecule has 0 aliphatic rings. The molecule has 0 amide bonds. The van der Waals surface area contributed by atoms with Gasteiger partial charge in [0.2, 0.25) is 0 Å². The standard InChI is InChI=1S/C12H12FN3O2/c1-7(2)16-14-10(11(15-16)12(17)18)8-5-3-4-6-9(8)13/h3-7H,1-2H3,(H,17,18). The number of aromatic carboxylic acids is 1. The van der Waals surface area contributed by atoms with Gasteiger partial charge in [0.25, 0.3) is 0 Å². The Morgan fingerprint density at radius 2 is 2.00 bits per heavy atom. The van der Waals surface area contributed by atoms with Crippen LogP contribution in [-0.4, -0.2) is 26.1 Å². The second kappa shape index (κ2) is 4.56. The second-order valence-corrected chi connectivity index (χ2v) is 4.10. The summed E-state index contributed by atoms with van der Waals surface area (Å²) in [7, 11) is 0. The van der Waals surface area contributed by atoms with Crippen LogP contribution >= 0.6 is 0 Å². The Hall–Kier alpha value is -2.24. The monoisotopic (exact) mass is 249 g/mol. The van der Waals surface area contributed by atoms with Gasteiger partial charge in [-0.25, -0.2) is 9.18 Å². The van der Waals surface area contributed by atoms with Crippen molar-refractivity contribution in [3.63, 3.8) is 0 Å². The summed E-state index contributed by atoms with van der Waals surface area (Å²) in [5, 5.41) is 17.0. The van der Waals surface area contributed by atoms with Crippen molar-refractivity contribution < 1.29 is 14.3 Å². The van der Waals surface area contributed by atoms with Gasteiger partial charge in [0.15, 0.2) is 5.69 Å². The molecule has 18 heavy (non-hydrogen) atoms. The van der Waals surface area contributed by atoms with E-state index in [9.17, 15) is 9.18 Å². The highest BCUT2D eigenvalue weighted by Crippen LogP contribution is 2.24. The minimum Gasteiger partial charge on any atom is -0.476 e. The van der Waals surface area contributed by atoms with Gasteiger partial charge >= 0.3 is 5.97 Å². The number of halogens is 1. The summed E-state index contributed by atoms with van der Waals surface area (Å²) in [5.74, 6) is -1.74. The molecule has 0 unspecified atom stereocenters. The highest BCUT2D eigenvalue weighted by atomic mass is 19.1. The lowest BCUT2D eigenvalue weighted by Crippen LogP contribution is -2.06. The summed E-state index contributed by atoms with van der Waals surface area (Å²) in [6.07, 6.45) is 0. The molecule has 0 fully saturated rings. The van der Waals surface area contributed by atoms with Crippen LogP contribution in [0.15, 0.2) is 24.3 Å². The van der Waals surface area contributed by atoms with E-state index >= 15 is 0 Å². The molecule has 1 aromatic carbocycles. The first kappa shape index (κ1) is 12.2. The smallest absolute Gasteiger partial charge is 0.358 e. The zero-order valence-electron chi connectivity index (χ0n) is 9.96. The zero-order valence-corrected chi connectivity index (χ0v) is 9.96. The molecule has 94 valence electrons. The Morgan fingerprint density at radius 1 is 1.33 bits per heavy atom. The van der Waals surface area contributed by atoms with Crippen LogP contribution in [0.5, 0.6) is 0 Å². The average molecular weight is 249 g/mol. The lowest BCUT2D eigenvalue weighted by atomic mass is 10.1. The van der Waals surface area contributed by atoms with Crippen molar-refractivity contribution in [3.8, 4) is 11.3 Å². The van der Waals surface area contributed by atoms with Crippen LogP contribution in [0.2, 0.25) is 0 Å². The Morgan fingerprint density at radius 3 is 2.56 bits per heavy atom. The molecule has 1 heterocycles. The number of carboxylic acid groups (broad SMARTS) is 1. The fourth-order valence-electron chi connectivity index (χ4n) is 1.53. The number of rotatable bonds is 3. The molecular weight excluding hydrogens is 237 g/mol. The zero-order chi connectivity index (χ0) is 13.3. The molecule has 0 aliphatic heterocycles. The molecule has 2 rings (SSSR count). The Balaban J connectivity index is 2.63. The van der Waals surface area contributed by atoms with Gasteiger partial charge in [-0.2, -0.15) is 9.90 Å². The first-order valence-electron chi connectivity index (χ1n) is 5.45. The fourth-order valence-corrected chi connectivity index (χ4v) is 1.53. The number of benzene rings is 1. The summed E-state index contributed by atoms with van der Waals surface area (Å²) in [5.41, 5.74) is -0.0510. The lowest BCUT2D eigenvalue weighted by molar-refractivity contribution is 0.0690. The minimum absolute atomic E-state index is 0.0503. The third-order valence-corrected chi connectivity index (χ3v) is 2.42. The summed E-state index contributed by atoms with van der Waals surface area (Å²) in [6.45, 7) is 3.63. The van der Waals surface area contributed by atoms with Crippen molar-refractivity contribution in [1.82, 2.24) is 15.0 Å². The molecule has 5 nitrogen and oxygen atoms in total. The molecule has 1 N–H and O–H groups in total. The van der Waals surface area contributed by atoms with Crippen molar-refractivity contribution in [2.75, 3.05) is 0 Å². The molecule has 0 aliphatic carbocycles. The molecule has 0 spiro atoms. The highest BCUT2D eigenvalue weighted by Gasteiger charge is 2.22. The number of hydrogen-bond acceptors (Lipinski definition) is 3. The normalized spacial score (nSPS) is 10.9. The van der Waals surface area contributed by atoms with E-state index in [1.54, 1.807) is 6.07 Å². The van der Waals surface area contributed by atoms with Crippen LogP contribution in [0.25, 0.3) is 11.3 Å². The quantitative estimate of drug-likeness (QED) is 0.906. The van der Waals surface area contributed by atoms with E-state index in [4.69, 9.17) is 5.11 Å². The van der Waals surface area contributed by atoms with Crippen LogP contribution in [0, 0.1) is 5.82 Å². The van der Waals surface area contributed by atoms with Gasteiger partial charge in [-0.3, -0.25) is 0 Å². The summed E-state index contributed by atoms with van der Waals surface area (Å²) in [4.78, 5) is 12.4. The van der Waals surface area contributed by atoms with Crippen LogP contribution in [-0.2, 0) is 0 Å². The Kier molecular flexibility index (Phi) is 3.10. The first-order chi connectivity index (χ1) is 8.50. The molecule has 6 heteroatoms. The van der Waals surface area contributed by atoms with Gasteiger partial charge in [-0.1, -0.05) is 12.1 Å². The molecule has 0 saturated carbocycles. The van der Waals surface area contributed by atoms with E-state index in [1.165, 1.54) is 23.0 Å². The summed E-state index contributed by atoms with van der Waals surface area (Å²) in [6, 6.07) is 5.81. The van der Waals surface area contributed by atoms with Gasteiger partial charge < -0.3 is 5.11 Å². The van der Waals surface area contributed by atoms with Crippen LogP contribution in [0.4, 0.5) is 4.39 Å². The van der Waals surface area contributed by atoms with Crippen molar-refractivity contribution in [2.45, 2.75) is 19.9 Å². The largest absolute Gasteiger partial charge is 0.476 e. The maximum Gasteiger partial charge on any atom is 0.358 e. The highest BCUT2D eigenvalue weighted by molar-refractivity contribution is 5.92. The Bertz CT molecular complexity index is 593.